The third-order valence-electron chi connectivity index (χ3n) is 3.04. The van der Waals surface area contributed by atoms with Crippen molar-refractivity contribution in [3.05, 3.63) is 23.8 Å². The highest BCUT2D eigenvalue weighted by molar-refractivity contribution is 5.95. The van der Waals surface area contributed by atoms with Crippen molar-refractivity contribution >= 4 is 5.91 Å². The second kappa shape index (κ2) is 5.27. The van der Waals surface area contributed by atoms with Gasteiger partial charge in [-0.2, -0.15) is 0 Å². The Morgan fingerprint density at radius 1 is 1.56 bits per heavy atom. The number of amides is 1. The molecule has 1 aliphatic rings. The van der Waals surface area contributed by atoms with Crippen molar-refractivity contribution in [1.29, 1.82) is 0 Å². The van der Waals surface area contributed by atoms with E-state index in [1.807, 2.05) is 0 Å². The summed E-state index contributed by atoms with van der Waals surface area (Å²) in [4.78, 5) is 14.1. The van der Waals surface area contributed by atoms with Crippen molar-refractivity contribution in [3.63, 3.8) is 0 Å². The summed E-state index contributed by atoms with van der Waals surface area (Å²) >= 11 is 0. The van der Waals surface area contributed by atoms with E-state index in [1.54, 1.807) is 17.0 Å². The van der Waals surface area contributed by atoms with Crippen molar-refractivity contribution in [2.24, 2.45) is 5.73 Å². The number of ether oxygens (including phenoxy) is 1. The maximum Gasteiger partial charge on any atom is 0.254 e. The summed E-state index contributed by atoms with van der Waals surface area (Å²) in [7, 11) is 1.47. The highest BCUT2D eigenvalue weighted by Gasteiger charge is 2.32. The van der Waals surface area contributed by atoms with Gasteiger partial charge in [0.15, 0.2) is 11.5 Å². The second-order valence-electron chi connectivity index (χ2n) is 4.41. The molecule has 0 aliphatic heterocycles. The number of phenolic OH excluding ortho intramolecular Hbond substituents is 1. The zero-order valence-corrected chi connectivity index (χ0v) is 10.4. The Morgan fingerprint density at radius 3 is 2.78 bits per heavy atom. The largest absolute Gasteiger partial charge is 0.504 e. The molecular weight excluding hydrogens is 232 g/mol. The molecule has 0 radical (unpaired) electrons. The van der Waals surface area contributed by atoms with Gasteiger partial charge in [0.25, 0.3) is 5.91 Å². The van der Waals surface area contributed by atoms with Crippen LogP contribution in [0.3, 0.4) is 0 Å². The lowest BCUT2D eigenvalue weighted by Gasteiger charge is -2.21. The van der Waals surface area contributed by atoms with Crippen LogP contribution in [0.2, 0.25) is 0 Å². The Bertz CT molecular complexity index is 444. The fourth-order valence-corrected chi connectivity index (χ4v) is 1.96. The Kier molecular flexibility index (Phi) is 3.72. The summed E-state index contributed by atoms with van der Waals surface area (Å²) in [6, 6.07) is 5.00. The number of carbonyl (C=O) groups is 1. The van der Waals surface area contributed by atoms with Crippen molar-refractivity contribution in [2.75, 3.05) is 20.2 Å². The fourth-order valence-electron chi connectivity index (χ4n) is 1.96. The van der Waals surface area contributed by atoms with Gasteiger partial charge in [-0.15, -0.1) is 0 Å². The molecule has 5 heteroatoms. The number of benzene rings is 1. The van der Waals surface area contributed by atoms with Crippen LogP contribution < -0.4 is 10.5 Å². The number of nitrogens with two attached hydrogens (primary N) is 1. The average molecular weight is 250 g/mol. The standard InChI is InChI=1S/C13H18N2O3/c1-18-12-5-2-9(8-11(12)16)13(17)15(7-6-14)10-3-4-10/h2,5,8,10,16H,3-4,6-7,14H2,1H3. The predicted octanol–water partition coefficient (Wildman–Crippen LogP) is 0.964. The molecular formula is C13H18N2O3. The van der Waals surface area contributed by atoms with Gasteiger partial charge < -0.3 is 20.5 Å². The van der Waals surface area contributed by atoms with E-state index in [4.69, 9.17) is 10.5 Å². The van der Waals surface area contributed by atoms with E-state index in [0.717, 1.165) is 12.8 Å². The van der Waals surface area contributed by atoms with Crippen LogP contribution in [0.1, 0.15) is 23.2 Å². The number of hydrogen-bond acceptors (Lipinski definition) is 4. The van der Waals surface area contributed by atoms with Crippen molar-refractivity contribution in [2.45, 2.75) is 18.9 Å². The van der Waals surface area contributed by atoms with E-state index in [0.29, 0.717) is 30.4 Å². The zero-order chi connectivity index (χ0) is 13.1. The number of phenols is 1. The van der Waals surface area contributed by atoms with E-state index in [2.05, 4.69) is 0 Å². The summed E-state index contributed by atoms with van der Waals surface area (Å²) in [5.74, 6) is 0.260. The van der Waals surface area contributed by atoms with E-state index in [9.17, 15) is 9.90 Å². The molecule has 0 saturated heterocycles. The Morgan fingerprint density at radius 2 is 2.28 bits per heavy atom. The van der Waals surface area contributed by atoms with Gasteiger partial charge >= 0.3 is 0 Å². The van der Waals surface area contributed by atoms with Crippen LogP contribution in [0.15, 0.2) is 18.2 Å². The molecule has 2 rings (SSSR count). The van der Waals surface area contributed by atoms with E-state index in [-0.39, 0.29) is 11.7 Å². The number of rotatable bonds is 5. The number of methoxy groups -OCH3 is 1. The Balaban J connectivity index is 2.18. The summed E-state index contributed by atoms with van der Waals surface area (Å²) in [5.41, 5.74) is 5.99. The van der Waals surface area contributed by atoms with Gasteiger partial charge in [-0.25, -0.2) is 0 Å². The van der Waals surface area contributed by atoms with Crippen LogP contribution in [0, 0.1) is 0 Å². The summed E-state index contributed by atoms with van der Waals surface area (Å²) in [6.07, 6.45) is 2.07. The van der Waals surface area contributed by atoms with Gasteiger partial charge in [-0.05, 0) is 31.0 Å². The minimum atomic E-state index is -0.0825. The second-order valence-corrected chi connectivity index (χ2v) is 4.41. The van der Waals surface area contributed by atoms with Gasteiger partial charge in [0.05, 0.1) is 7.11 Å². The first-order chi connectivity index (χ1) is 8.67. The van der Waals surface area contributed by atoms with Crippen molar-refractivity contribution < 1.29 is 14.6 Å². The monoisotopic (exact) mass is 250 g/mol. The van der Waals surface area contributed by atoms with Crippen LogP contribution in [0.25, 0.3) is 0 Å². The fraction of sp³-hybridized carbons (Fsp3) is 0.462. The van der Waals surface area contributed by atoms with Gasteiger partial charge in [-0.1, -0.05) is 0 Å². The van der Waals surface area contributed by atoms with Crippen LogP contribution in [-0.4, -0.2) is 42.2 Å². The third-order valence-corrected chi connectivity index (χ3v) is 3.04. The molecule has 0 unspecified atom stereocenters. The first-order valence-corrected chi connectivity index (χ1v) is 6.05. The topological polar surface area (TPSA) is 75.8 Å². The van der Waals surface area contributed by atoms with Crippen LogP contribution >= 0.6 is 0 Å². The first-order valence-electron chi connectivity index (χ1n) is 6.05. The van der Waals surface area contributed by atoms with Crippen molar-refractivity contribution in [3.8, 4) is 11.5 Å². The normalized spacial score (nSPS) is 14.3. The van der Waals surface area contributed by atoms with Crippen LogP contribution in [-0.2, 0) is 0 Å². The lowest BCUT2D eigenvalue weighted by atomic mass is 10.1. The van der Waals surface area contributed by atoms with Crippen molar-refractivity contribution in [1.82, 2.24) is 4.90 Å². The predicted molar refractivity (Wildman–Crippen MR) is 67.8 cm³/mol. The minimum absolute atomic E-state index is 0.0214. The molecule has 1 aliphatic carbocycles. The first kappa shape index (κ1) is 12.7. The van der Waals surface area contributed by atoms with Gasteiger partial charge in [0, 0.05) is 24.7 Å². The molecule has 1 fully saturated rings. The molecule has 0 aromatic heterocycles. The van der Waals surface area contributed by atoms with Crippen LogP contribution in [0.5, 0.6) is 11.5 Å². The number of aromatic hydroxyl groups is 1. The molecule has 0 heterocycles. The molecule has 1 amide bonds. The Hall–Kier alpha value is -1.75. The SMILES string of the molecule is COc1ccc(C(=O)N(CCN)C2CC2)cc1O. The molecule has 1 saturated carbocycles. The zero-order valence-electron chi connectivity index (χ0n) is 10.4. The molecule has 0 spiro atoms. The molecule has 5 nitrogen and oxygen atoms in total. The summed E-state index contributed by atoms with van der Waals surface area (Å²) in [5, 5.41) is 9.69. The average Bonchev–Trinajstić information content (AvgIpc) is 3.19. The quantitative estimate of drug-likeness (QED) is 0.816. The number of carbonyl (C=O) groups excluding carboxylic acids is 1. The lowest BCUT2D eigenvalue weighted by molar-refractivity contribution is 0.0747. The molecule has 1 aromatic carbocycles. The maximum atomic E-state index is 12.3. The van der Waals surface area contributed by atoms with Gasteiger partial charge in [0.2, 0.25) is 0 Å². The minimum Gasteiger partial charge on any atom is -0.504 e. The highest BCUT2D eigenvalue weighted by Crippen LogP contribution is 2.30. The Labute approximate surface area is 106 Å². The molecule has 3 N–H and O–H groups in total. The van der Waals surface area contributed by atoms with Gasteiger partial charge in [-0.3, -0.25) is 4.79 Å². The van der Waals surface area contributed by atoms with Crippen LogP contribution in [0.4, 0.5) is 0 Å². The molecule has 18 heavy (non-hydrogen) atoms. The van der Waals surface area contributed by atoms with E-state index >= 15 is 0 Å². The van der Waals surface area contributed by atoms with E-state index < -0.39 is 0 Å². The maximum absolute atomic E-state index is 12.3. The highest BCUT2D eigenvalue weighted by atomic mass is 16.5. The number of hydrogen-bond donors (Lipinski definition) is 2. The summed E-state index contributed by atoms with van der Waals surface area (Å²) < 4.78 is 4.95. The molecule has 98 valence electrons. The molecule has 0 atom stereocenters. The smallest absolute Gasteiger partial charge is 0.254 e. The van der Waals surface area contributed by atoms with Gasteiger partial charge in [0.1, 0.15) is 0 Å². The molecule has 1 aromatic rings. The summed E-state index contributed by atoms with van der Waals surface area (Å²) in [6.45, 7) is 1.00. The van der Waals surface area contributed by atoms with E-state index in [1.165, 1.54) is 13.2 Å². The third kappa shape index (κ3) is 2.56. The lowest BCUT2D eigenvalue weighted by Crippen LogP contribution is -2.37. The molecule has 0 bridgehead atoms. The number of nitrogens with zero attached hydrogens (tertiary/aromatic N) is 1.